The molecule has 0 aliphatic heterocycles. The van der Waals surface area contributed by atoms with Crippen LogP contribution >= 0.6 is 0 Å². The van der Waals surface area contributed by atoms with E-state index in [9.17, 15) is 4.79 Å². The van der Waals surface area contributed by atoms with Crippen molar-refractivity contribution in [3.05, 3.63) is 0 Å². The van der Waals surface area contributed by atoms with E-state index in [1.54, 1.807) is 0 Å². The van der Waals surface area contributed by atoms with E-state index in [0.29, 0.717) is 0 Å². The third-order valence-corrected chi connectivity index (χ3v) is 1.51. The summed E-state index contributed by atoms with van der Waals surface area (Å²) in [4.78, 5) is 10.1. The van der Waals surface area contributed by atoms with Gasteiger partial charge in [0.25, 0.3) is 0 Å². The summed E-state index contributed by atoms with van der Waals surface area (Å²) in [6.07, 6.45) is -7.84. The molecular formula is C6H12CaO7+2. The van der Waals surface area contributed by atoms with E-state index >= 15 is 0 Å². The minimum atomic E-state index is -2.20. The minimum absolute atomic E-state index is 0. The monoisotopic (exact) mass is 236 g/mol. The van der Waals surface area contributed by atoms with Crippen LogP contribution in [-0.2, 0) is 4.79 Å². The molecule has 4 atom stereocenters. The summed E-state index contributed by atoms with van der Waals surface area (Å²) in [6, 6.07) is 0. The molecule has 14 heavy (non-hydrogen) atoms. The summed E-state index contributed by atoms with van der Waals surface area (Å²) in [6.45, 7) is -0.843. The van der Waals surface area contributed by atoms with Gasteiger partial charge >= 0.3 is 43.7 Å². The molecule has 0 spiro atoms. The molecule has 78 valence electrons. The fourth-order valence-corrected chi connectivity index (χ4v) is 0.668. The largest absolute Gasteiger partial charge is 2.00 e. The average molecular weight is 236 g/mol. The molecule has 0 bridgehead atoms. The van der Waals surface area contributed by atoms with Gasteiger partial charge in [-0.1, -0.05) is 0 Å². The summed E-state index contributed by atoms with van der Waals surface area (Å²) < 4.78 is 0. The van der Waals surface area contributed by atoms with Crippen LogP contribution in [0.25, 0.3) is 0 Å². The van der Waals surface area contributed by atoms with Gasteiger partial charge in [0.1, 0.15) is 18.3 Å². The maximum absolute atomic E-state index is 10.1. The molecule has 6 N–H and O–H groups in total. The zero-order chi connectivity index (χ0) is 10.6. The Kier molecular flexibility index (Phi) is 9.41. The second-order valence-electron chi connectivity index (χ2n) is 2.51. The van der Waals surface area contributed by atoms with Crippen molar-refractivity contribution in [1.29, 1.82) is 0 Å². The van der Waals surface area contributed by atoms with Crippen molar-refractivity contribution < 1.29 is 35.4 Å². The van der Waals surface area contributed by atoms with E-state index < -0.39 is 37.0 Å². The number of aliphatic hydroxyl groups is 5. The predicted molar refractivity (Wildman–Crippen MR) is 44.5 cm³/mol. The molecule has 0 rings (SSSR count). The van der Waals surface area contributed by atoms with Crippen LogP contribution in [0.3, 0.4) is 0 Å². The standard InChI is InChI=1S/C6H12O7.Ca/c7-1-2(8)3(9)4(10)5(11)6(12)13;/h2-5,7-11H,1H2,(H,12,13);/q;+2. The van der Waals surface area contributed by atoms with Crippen molar-refractivity contribution in [2.75, 3.05) is 6.61 Å². The van der Waals surface area contributed by atoms with Crippen LogP contribution in [0.4, 0.5) is 0 Å². The summed E-state index contributed by atoms with van der Waals surface area (Å²) in [5.74, 6) is -1.73. The Morgan fingerprint density at radius 2 is 1.50 bits per heavy atom. The molecule has 0 saturated carbocycles. The molecule has 0 fully saturated rings. The first-order valence-corrected chi connectivity index (χ1v) is 3.47. The van der Waals surface area contributed by atoms with Crippen molar-refractivity contribution >= 4 is 43.7 Å². The molecular weight excluding hydrogens is 224 g/mol. The fourth-order valence-electron chi connectivity index (χ4n) is 0.668. The first kappa shape index (κ1) is 16.9. The van der Waals surface area contributed by atoms with Gasteiger partial charge in [0.15, 0.2) is 6.10 Å². The zero-order valence-electron chi connectivity index (χ0n) is 7.32. The van der Waals surface area contributed by atoms with Gasteiger partial charge in [0.2, 0.25) is 0 Å². The number of carbonyl (C=O) groups is 1. The Bertz CT molecular complexity index is 176. The summed E-state index contributed by atoms with van der Waals surface area (Å²) in [5, 5.41) is 51.8. The predicted octanol–water partition coefficient (Wildman–Crippen LogP) is -3.87. The third-order valence-electron chi connectivity index (χ3n) is 1.51. The van der Waals surface area contributed by atoms with Gasteiger partial charge in [-0.3, -0.25) is 0 Å². The summed E-state index contributed by atoms with van der Waals surface area (Å²) in [5.41, 5.74) is 0. The number of hydrogen-bond donors (Lipinski definition) is 6. The zero-order valence-corrected chi connectivity index (χ0v) is 9.52. The molecule has 0 saturated heterocycles. The molecule has 8 heteroatoms. The van der Waals surface area contributed by atoms with Crippen LogP contribution in [-0.4, -0.2) is 105 Å². The first-order valence-electron chi connectivity index (χ1n) is 3.47. The molecule has 0 aliphatic rings. The molecule has 0 aromatic rings. The number of carboxylic acid groups (broad SMARTS) is 1. The van der Waals surface area contributed by atoms with Crippen LogP contribution in [0.15, 0.2) is 0 Å². The van der Waals surface area contributed by atoms with Crippen molar-refractivity contribution in [2.24, 2.45) is 0 Å². The molecule has 0 aliphatic carbocycles. The Morgan fingerprint density at radius 1 is 1.07 bits per heavy atom. The van der Waals surface area contributed by atoms with Gasteiger partial charge in [0, 0.05) is 0 Å². The maximum Gasteiger partial charge on any atom is 2.00 e. The molecule has 0 heterocycles. The number of hydrogen-bond acceptors (Lipinski definition) is 6. The van der Waals surface area contributed by atoms with Gasteiger partial charge in [-0.15, -0.1) is 0 Å². The van der Waals surface area contributed by atoms with Gasteiger partial charge in [-0.05, 0) is 0 Å². The van der Waals surface area contributed by atoms with Gasteiger partial charge in [-0.25, -0.2) is 4.79 Å². The smallest absolute Gasteiger partial charge is 0.479 e. The minimum Gasteiger partial charge on any atom is -0.479 e. The van der Waals surface area contributed by atoms with Crippen LogP contribution in [0.5, 0.6) is 0 Å². The van der Waals surface area contributed by atoms with E-state index in [1.165, 1.54) is 0 Å². The van der Waals surface area contributed by atoms with Gasteiger partial charge < -0.3 is 30.6 Å². The number of aliphatic hydroxyl groups excluding tert-OH is 5. The Hall–Kier alpha value is 0.530. The first-order chi connectivity index (χ1) is 5.91. The Balaban J connectivity index is 0. The number of carboxylic acids is 1. The van der Waals surface area contributed by atoms with E-state index in [1.807, 2.05) is 0 Å². The average Bonchev–Trinajstić information content (AvgIpc) is 2.12. The van der Waals surface area contributed by atoms with Gasteiger partial charge in [-0.2, -0.15) is 0 Å². The van der Waals surface area contributed by atoms with Crippen molar-refractivity contribution in [3.63, 3.8) is 0 Å². The molecule has 0 amide bonds. The summed E-state index contributed by atoms with van der Waals surface area (Å²) in [7, 11) is 0. The van der Waals surface area contributed by atoms with Crippen LogP contribution < -0.4 is 0 Å². The normalized spacial score (nSPS) is 18.9. The molecule has 4 unspecified atom stereocenters. The topological polar surface area (TPSA) is 138 Å². The van der Waals surface area contributed by atoms with Crippen LogP contribution in [0.1, 0.15) is 0 Å². The van der Waals surface area contributed by atoms with Gasteiger partial charge in [0.05, 0.1) is 6.61 Å². The van der Waals surface area contributed by atoms with E-state index in [2.05, 4.69) is 0 Å². The van der Waals surface area contributed by atoms with Crippen molar-refractivity contribution in [1.82, 2.24) is 0 Å². The Morgan fingerprint density at radius 3 is 1.79 bits per heavy atom. The molecule has 0 radical (unpaired) electrons. The van der Waals surface area contributed by atoms with Crippen molar-refractivity contribution in [3.8, 4) is 0 Å². The Labute approximate surface area is 110 Å². The summed E-state index contributed by atoms with van der Waals surface area (Å²) >= 11 is 0. The van der Waals surface area contributed by atoms with Crippen LogP contribution in [0.2, 0.25) is 0 Å². The fraction of sp³-hybridized carbons (Fsp3) is 0.833. The van der Waals surface area contributed by atoms with E-state index in [0.717, 1.165) is 0 Å². The van der Waals surface area contributed by atoms with Crippen molar-refractivity contribution in [2.45, 2.75) is 24.4 Å². The number of rotatable bonds is 5. The van der Waals surface area contributed by atoms with Crippen LogP contribution in [0, 0.1) is 0 Å². The molecule has 0 aromatic heterocycles. The SMILES string of the molecule is O=C(O)C(O)C(O)C(O)C(O)CO.[Ca+2]. The second-order valence-corrected chi connectivity index (χ2v) is 2.51. The number of aliphatic carboxylic acids is 1. The quantitative estimate of drug-likeness (QED) is 0.268. The maximum atomic E-state index is 10.1. The van der Waals surface area contributed by atoms with E-state index in [4.69, 9.17) is 30.6 Å². The van der Waals surface area contributed by atoms with E-state index in [-0.39, 0.29) is 37.7 Å². The second kappa shape index (κ2) is 7.77. The molecule has 7 nitrogen and oxygen atoms in total. The third kappa shape index (κ3) is 4.85. The molecule has 0 aromatic carbocycles.